The number of hydrogen-bond acceptors (Lipinski definition) is 1. The number of hydrogen-bond donors (Lipinski definition) is 0. The van der Waals surface area contributed by atoms with E-state index in [0.717, 1.165) is 38.4 Å². The summed E-state index contributed by atoms with van der Waals surface area (Å²) in [6.07, 6.45) is 15.6. The number of allylic oxidation sites excluding steroid dienone is 6. The summed E-state index contributed by atoms with van der Waals surface area (Å²) in [7, 11) is 0. The topological polar surface area (TPSA) is 17.1 Å². The van der Waals surface area contributed by atoms with Gasteiger partial charge in [-0.15, -0.1) is 0 Å². The van der Waals surface area contributed by atoms with Crippen molar-refractivity contribution in [2.24, 2.45) is 5.92 Å². The van der Waals surface area contributed by atoms with Crippen molar-refractivity contribution in [2.75, 3.05) is 0 Å². The first-order valence-corrected chi connectivity index (χ1v) is 8.34. The summed E-state index contributed by atoms with van der Waals surface area (Å²) < 4.78 is 0. The molecule has 1 heteroatoms. The molecule has 0 amide bonds. The lowest BCUT2D eigenvalue weighted by molar-refractivity contribution is -0.108. The lowest BCUT2D eigenvalue weighted by Crippen LogP contribution is -1.94. The highest BCUT2D eigenvalue weighted by Gasteiger charge is 1.99. The highest BCUT2D eigenvalue weighted by molar-refractivity contribution is 5.49. The third-order valence-corrected chi connectivity index (χ3v) is 3.77. The van der Waals surface area contributed by atoms with Gasteiger partial charge in [0.25, 0.3) is 0 Å². The van der Waals surface area contributed by atoms with Gasteiger partial charge >= 0.3 is 0 Å². The van der Waals surface area contributed by atoms with Crippen LogP contribution >= 0.6 is 0 Å². The smallest absolute Gasteiger partial charge is 0.120 e. The highest BCUT2D eigenvalue weighted by atomic mass is 16.1. The fourth-order valence-electron chi connectivity index (χ4n) is 2.24. The standard InChI is InChI=1S/C20H34O/c1-17(2)9-6-10-18(3)11-7-12-19(4)13-8-14-20(5)15-16-21/h9,11,13,16,20H,6-8,10,12,14-15H2,1-5H3. The van der Waals surface area contributed by atoms with Crippen molar-refractivity contribution >= 4 is 6.29 Å². The Balaban J connectivity index is 3.88. The molecular weight excluding hydrogens is 256 g/mol. The van der Waals surface area contributed by atoms with Gasteiger partial charge in [0.05, 0.1) is 0 Å². The van der Waals surface area contributed by atoms with Gasteiger partial charge in [-0.1, -0.05) is 41.9 Å². The Hall–Kier alpha value is -1.11. The van der Waals surface area contributed by atoms with Gasteiger partial charge in [0.15, 0.2) is 0 Å². The highest BCUT2D eigenvalue weighted by Crippen LogP contribution is 2.14. The SMILES string of the molecule is CC(C)=CCCC(C)=CCCC(C)=CCCC(C)CC=O. The minimum atomic E-state index is 0.517. The van der Waals surface area contributed by atoms with Crippen LogP contribution in [-0.2, 0) is 4.79 Å². The van der Waals surface area contributed by atoms with Crippen LogP contribution in [0.4, 0.5) is 0 Å². The summed E-state index contributed by atoms with van der Waals surface area (Å²) in [6.45, 7) is 10.9. The van der Waals surface area contributed by atoms with E-state index in [0.29, 0.717) is 12.3 Å². The summed E-state index contributed by atoms with van der Waals surface area (Å²) in [5, 5.41) is 0. The van der Waals surface area contributed by atoms with Crippen molar-refractivity contribution in [3.8, 4) is 0 Å². The number of carbonyl (C=O) groups is 1. The van der Waals surface area contributed by atoms with Crippen LogP contribution in [0.1, 0.15) is 79.6 Å². The molecule has 0 bridgehead atoms. The van der Waals surface area contributed by atoms with Crippen molar-refractivity contribution in [1.82, 2.24) is 0 Å². The maximum Gasteiger partial charge on any atom is 0.120 e. The number of aldehydes is 1. The van der Waals surface area contributed by atoms with Crippen molar-refractivity contribution in [3.63, 3.8) is 0 Å². The van der Waals surface area contributed by atoms with Crippen LogP contribution in [0.3, 0.4) is 0 Å². The van der Waals surface area contributed by atoms with E-state index >= 15 is 0 Å². The largest absolute Gasteiger partial charge is 0.303 e. The first-order chi connectivity index (χ1) is 9.95. The summed E-state index contributed by atoms with van der Waals surface area (Å²) >= 11 is 0. The maximum absolute atomic E-state index is 10.4. The van der Waals surface area contributed by atoms with E-state index in [9.17, 15) is 4.79 Å². The van der Waals surface area contributed by atoms with Crippen LogP contribution < -0.4 is 0 Å². The molecule has 0 saturated heterocycles. The van der Waals surface area contributed by atoms with Crippen molar-refractivity contribution in [2.45, 2.75) is 79.6 Å². The average molecular weight is 290 g/mol. The molecule has 0 fully saturated rings. The van der Waals surface area contributed by atoms with E-state index in [1.165, 1.54) is 23.1 Å². The summed E-state index contributed by atoms with van der Waals surface area (Å²) in [4.78, 5) is 10.4. The van der Waals surface area contributed by atoms with Crippen LogP contribution in [0.5, 0.6) is 0 Å². The molecule has 0 aliphatic rings. The molecular formula is C20H34O. The fourth-order valence-corrected chi connectivity index (χ4v) is 2.24. The van der Waals surface area contributed by atoms with Crippen molar-refractivity contribution < 1.29 is 4.79 Å². The molecule has 0 saturated carbocycles. The zero-order valence-corrected chi connectivity index (χ0v) is 14.7. The van der Waals surface area contributed by atoms with Gasteiger partial charge in [-0.3, -0.25) is 0 Å². The Morgan fingerprint density at radius 1 is 0.857 bits per heavy atom. The van der Waals surface area contributed by atoms with Crippen molar-refractivity contribution in [3.05, 3.63) is 34.9 Å². The Kier molecular flexibility index (Phi) is 12.0. The second kappa shape index (κ2) is 12.6. The normalized spacial score (nSPS) is 14.0. The third kappa shape index (κ3) is 13.6. The van der Waals surface area contributed by atoms with E-state index in [1.54, 1.807) is 0 Å². The molecule has 0 N–H and O–H groups in total. The fraction of sp³-hybridized carbons (Fsp3) is 0.650. The lowest BCUT2D eigenvalue weighted by Gasteiger charge is -2.05. The second-order valence-corrected chi connectivity index (χ2v) is 6.54. The minimum absolute atomic E-state index is 0.517. The Morgan fingerprint density at radius 3 is 1.90 bits per heavy atom. The molecule has 0 spiro atoms. The second-order valence-electron chi connectivity index (χ2n) is 6.54. The molecule has 0 aromatic rings. The molecule has 0 rings (SSSR count). The summed E-state index contributed by atoms with van der Waals surface area (Å²) in [5.74, 6) is 0.517. The zero-order valence-electron chi connectivity index (χ0n) is 14.7. The molecule has 0 aromatic carbocycles. The number of rotatable bonds is 11. The van der Waals surface area contributed by atoms with E-state index in [2.05, 4.69) is 52.8 Å². The van der Waals surface area contributed by atoms with Gasteiger partial charge in [0.2, 0.25) is 0 Å². The molecule has 0 heterocycles. The van der Waals surface area contributed by atoms with Gasteiger partial charge in [0.1, 0.15) is 6.29 Å². The molecule has 1 atom stereocenters. The van der Waals surface area contributed by atoms with E-state index in [-0.39, 0.29) is 0 Å². The molecule has 0 aliphatic heterocycles. The summed E-state index contributed by atoms with van der Waals surface area (Å²) in [6, 6.07) is 0. The molecule has 0 aromatic heterocycles. The predicted octanol–water partition coefficient (Wildman–Crippen LogP) is 6.41. The van der Waals surface area contributed by atoms with Crippen molar-refractivity contribution in [1.29, 1.82) is 0 Å². The minimum Gasteiger partial charge on any atom is -0.303 e. The van der Waals surface area contributed by atoms with E-state index in [4.69, 9.17) is 0 Å². The first-order valence-electron chi connectivity index (χ1n) is 8.34. The molecule has 1 unspecified atom stereocenters. The lowest BCUT2D eigenvalue weighted by atomic mass is 10.0. The Labute approximate surface area is 132 Å². The number of carbonyl (C=O) groups excluding carboxylic acids is 1. The van der Waals surface area contributed by atoms with E-state index < -0.39 is 0 Å². The molecule has 120 valence electrons. The van der Waals surface area contributed by atoms with Gasteiger partial charge < -0.3 is 4.79 Å². The quantitative estimate of drug-likeness (QED) is 0.317. The van der Waals surface area contributed by atoms with Crippen LogP contribution in [0.25, 0.3) is 0 Å². The monoisotopic (exact) mass is 290 g/mol. The Morgan fingerprint density at radius 2 is 1.38 bits per heavy atom. The molecule has 0 aliphatic carbocycles. The average Bonchev–Trinajstić information content (AvgIpc) is 2.38. The summed E-state index contributed by atoms with van der Waals surface area (Å²) in [5.41, 5.74) is 4.38. The van der Waals surface area contributed by atoms with Gasteiger partial charge in [0, 0.05) is 6.42 Å². The van der Waals surface area contributed by atoms with Crippen LogP contribution in [0.15, 0.2) is 34.9 Å². The van der Waals surface area contributed by atoms with Gasteiger partial charge in [-0.05, 0) is 72.1 Å². The van der Waals surface area contributed by atoms with Crippen LogP contribution in [-0.4, -0.2) is 6.29 Å². The third-order valence-electron chi connectivity index (χ3n) is 3.77. The first kappa shape index (κ1) is 19.9. The van der Waals surface area contributed by atoms with Crippen LogP contribution in [0.2, 0.25) is 0 Å². The molecule has 0 radical (unpaired) electrons. The molecule has 1 nitrogen and oxygen atoms in total. The van der Waals surface area contributed by atoms with Crippen LogP contribution in [0, 0.1) is 5.92 Å². The van der Waals surface area contributed by atoms with Gasteiger partial charge in [-0.25, -0.2) is 0 Å². The van der Waals surface area contributed by atoms with Gasteiger partial charge in [-0.2, -0.15) is 0 Å². The maximum atomic E-state index is 10.4. The predicted molar refractivity (Wildman–Crippen MR) is 94.5 cm³/mol. The molecule has 21 heavy (non-hydrogen) atoms. The van der Waals surface area contributed by atoms with E-state index in [1.807, 2.05) is 0 Å². The Bertz CT molecular complexity index is 367. The zero-order chi connectivity index (χ0) is 16.1.